The Hall–Kier alpha value is 0.290. The fraction of sp³-hybridized carbons (Fsp3) is 1.00. The van der Waals surface area contributed by atoms with Gasteiger partial charge in [0.2, 0.25) is 0 Å². The summed E-state index contributed by atoms with van der Waals surface area (Å²) < 4.78 is 0. The summed E-state index contributed by atoms with van der Waals surface area (Å²) in [6.45, 7) is 8.70. The van der Waals surface area contributed by atoms with E-state index >= 15 is 0 Å². The molecule has 0 saturated heterocycles. The van der Waals surface area contributed by atoms with Crippen LogP contribution in [0.25, 0.3) is 0 Å². The van der Waals surface area contributed by atoms with E-state index in [2.05, 4.69) is 27.7 Å². The molecule has 0 aliphatic heterocycles. The summed E-state index contributed by atoms with van der Waals surface area (Å²) in [5, 5.41) is 0. The number of hydrogen-bond acceptors (Lipinski definition) is 0. The first-order valence-electron chi connectivity index (χ1n) is 4.19. The van der Waals surface area contributed by atoms with Crippen LogP contribution in [0.1, 0.15) is 47.0 Å². The van der Waals surface area contributed by atoms with Crippen LogP contribution in [0.5, 0.6) is 0 Å². The van der Waals surface area contributed by atoms with E-state index in [1.54, 1.807) is 0 Å². The molecule has 0 heterocycles. The van der Waals surface area contributed by atoms with Gasteiger partial charge in [0.15, 0.2) is 0 Å². The molecule has 0 fully saturated rings. The monoisotopic (exact) mass is 162 g/mol. The minimum Gasteiger partial charge on any atom is -0.119 e. The largest absolute Gasteiger partial charge is 0.119 e. The number of rotatable bonds is 4. The van der Waals surface area contributed by atoms with E-state index in [9.17, 15) is 0 Å². The molecule has 0 bridgehead atoms. The lowest BCUT2D eigenvalue weighted by Crippen LogP contribution is -2.23. The SMILES string of the molecule is CCCCC(C)(Cl)C(C)C. The highest BCUT2D eigenvalue weighted by Gasteiger charge is 2.23. The molecule has 1 atom stereocenters. The Balaban J connectivity index is 3.63. The second-order valence-electron chi connectivity index (χ2n) is 3.54. The topological polar surface area (TPSA) is 0 Å². The van der Waals surface area contributed by atoms with Gasteiger partial charge in [0.25, 0.3) is 0 Å². The molecule has 0 aliphatic carbocycles. The van der Waals surface area contributed by atoms with E-state index < -0.39 is 0 Å². The van der Waals surface area contributed by atoms with Gasteiger partial charge in [-0.1, -0.05) is 33.6 Å². The van der Waals surface area contributed by atoms with Gasteiger partial charge in [0.1, 0.15) is 0 Å². The molecule has 0 saturated carbocycles. The minimum absolute atomic E-state index is 0.0238. The third kappa shape index (κ3) is 3.46. The van der Waals surface area contributed by atoms with Crippen LogP contribution in [0.4, 0.5) is 0 Å². The van der Waals surface area contributed by atoms with Crippen molar-refractivity contribution in [2.45, 2.75) is 51.8 Å². The van der Waals surface area contributed by atoms with Crippen molar-refractivity contribution < 1.29 is 0 Å². The quantitative estimate of drug-likeness (QED) is 0.552. The fourth-order valence-corrected chi connectivity index (χ4v) is 0.945. The lowest BCUT2D eigenvalue weighted by atomic mass is 9.92. The van der Waals surface area contributed by atoms with Gasteiger partial charge in [-0.3, -0.25) is 0 Å². The molecule has 0 aromatic carbocycles. The maximum Gasteiger partial charge on any atom is 0.0441 e. The van der Waals surface area contributed by atoms with Crippen molar-refractivity contribution in [2.24, 2.45) is 5.92 Å². The molecule has 0 aromatic rings. The Morgan fingerprint density at radius 2 is 1.90 bits per heavy atom. The van der Waals surface area contributed by atoms with Crippen molar-refractivity contribution in [1.82, 2.24) is 0 Å². The van der Waals surface area contributed by atoms with Gasteiger partial charge in [-0.15, -0.1) is 11.6 Å². The van der Waals surface area contributed by atoms with Crippen molar-refractivity contribution in [2.75, 3.05) is 0 Å². The normalized spacial score (nSPS) is 17.4. The predicted octanol–water partition coefficient (Wildman–Crippen LogP) is 3.83. The summed E-state index contributed by atoms with van der Waals surface area (Å²) in [5.41, 5.74) is 0. The van der Waals surface area contributed by atoms with E-state index in [-0.39, 0.29) is 4.87 Å². The number of alkyl halides is 1. The molecule has 0 N–H and O–H groups in total. The second kappa shape index (κ2) is 4.23. The van der Waals surface area contributed by atoms with Gasteiger partial charge in [0, 0.05) is 4.87 Å². The molecule has 62 valence electrons. The van der Waals surface area contributed by atoms with Crippen LogP contribution in [-0.2, 0) is 0 Å². The summed E-state index contributed by atoms with van der Waals surface area (Å²) in [5.74, 6) is 0.584. The molecular formula is C9H19Cl. The molecule has 0 radical (unpaired) electrons. The summed E-state index contributed by atoms with van der Waals surface area (Å²) in [7, 11) is 0. The third-order valence-corrected chi connectivity index (χ3v) is 2.85. The summed E-state index contributed by atoms with van der Waals surface area (Å²) in [6.07, 6.45) is 3.63. The highest BCUT2D eigenvalue weighted by atomic mass is 35.5. The fourth-order valence-electron chi connectivity index (χ4n) is 0.811. The van der Waals surface area contributed by atoms with Gasteiger partial charge in [0.05, 0.1) is 0 Å². The average molecular weight is 163 g/mol. The van der Waals surface area contributed by atoms with Crippen LogP contribution in [0.15, 0.2) is 0 Å². The zero-order valence-electron chi connectivity index (χ0n) is 7.58. The first-order valence-corrected chi connectivity index (χ1v) is 4.57. The molecular weight excluding hydrogens is 144 g/mol. The zero-order valence-corrected chi connectivity index (χ0v) is 8.33. The number of unbranched alkanes of at least 4 members (excludes halogenated alkanes) is 1. The van der Waals surface area contributed by atoms with Gasteiger partial charge >= 0.3 is 0 Å². The predicted molar refractivity (Wildman–Crippen MR) is 48.6 cm³/mol. The Kier molecular flexibility index (Phi) is 4.35. The van der Waals surface area contributed by atoms with Crippen LogP contribution >= 0.6 is 11.6 Å². The average Bonchev–Trinajstić information content (AvgIpc) is 1.84. The van der Waals surface area contributed by atoms with E-state index in [1.165, 1.54) is 12.8 Å². The molecule has 0 aromatic heterocycles. The smallest absolute Gasteiger partial charge is 0.0441 e. The van der Waals surface area contributed by atoms with Crippen molar-refractivity contribution in [3.63, 3.8) is 0 Å². The summed E-state index contributed by atoms with van der Waals surface area (Å²) in [4.78, 5) is 0.0238. The summed E-state index contributed by atoms with van der Waals surface area (Å²) in [6, 6.07) is 0. The Labute approximate surface area is 70.0 Å². The van der Waals surface area contributed by atoms with E-state index in [1.807, 2.05) is 0 Å². The summed E-state index contributed by atoms with van der Waals surface area (Å²) >= 11 is 6.25. The molecule has 0 nitrogen and oxygen atoms in total. The van der Waals surface area contributed by atoms with Crippen LogP contribution in [0.2, 0.25) is 0 Å². The van der Waals surface area contributed by atoms with Crippen LogP contribution < -0.4 is 0 Å². The molecule has 1 heteroatoms. The highest BCUT2D eigenvalue weighted by Crippen LogP contribution is 2.29. The first-order chi connectivity index (χ1) is 4.50. The molecule has 0 rings (SSSR count). The third-order valence-electron chi connectivity index (χ3n) is 2.22. The lowest BCUT2D eigenvalue weighted by molar-refractivity contribution is 0.416. The number of hydrogen-bond donors (Lipinski definition) is 0. The molecule has 10 heavy (non-hydrogen) atoms. The van der Waals surface area contributed by atoms with Gasteiger partial charge in [-0.05, 0) is 19.3 Å². The van der Waals surface area contributed by atoms with Gasteiger partial charge < -0.3 is 0 Å². The van der Waals surface area contributed by atoms with E-state index in [0.29, 0.717) is 5.92 Å². The van der Waals surface area contributed by atoms with Crippen molar-refractivity contribution in [3.8, 4) is 0 Å². The van der Waals surface area contributed by atoms with E-state index in [0.717, 1.165) is 6.42 Å². The zero-order chi connectivity index (χ0) is 8.20. The maximum absolute atomic E-state index is 6.25. The standard InChI is InChI=1S/C9H19Cl/c1-5-6-7-9(4,10)8(2)3/h8H,5-7H2,1-4H3. The molecule has 0 amide bonds. The lowest BCUT2D eigenvalue weighted by Gasteiger charge is -2.26. The van der Waals surface area contributed by atoms with Crippen LogP contribution in [-0.4, -0.2) is 4.87 Å². The maximum atomic E-state index is 6.25. The first kappa shape index (κ1) is 10.3. The van der Waals surface area contributed by atoms with Gasteiger partial charge in [-0.25, -0.2) is 0 Å². The second-order valence-corrected chi connectivity index (χ2v) is 4.40. The number of halogens is 1. The van der Waals surface area contributed by atoms with Crippen molar-refractivity contribution in [3.05, 3.63) is 0 Å². The van der Waals surface area contributed by atoms with Crippen molar-refractivity contribution >= 4 is 11.6 Å². The highest BCUT2D eigenvalue weighted by molar-refractivity contribution is 6.23. The van der Waals surface area contributed by atoms with Crippen molar-refractivity contribution in [1.29, 1.82) is 0 Å². The Morgan fingerprint density at radius 3 is 2.20 bits per heavy atom. The Bertz CT molecular complexity index is 84.7. The van der Waals surface area contributed by atoms with Crippen LogP contribution in [0, 0.1) is 5.92 Å². The van der Waals surface area contributed by atoms with Gasteiger partial charge in [-0.2, -0.15) is 0 Å². The van der Waals surface area contributed by atoms with Crippen LogP contribution in [0.3, 0.4) is 0 Å². The molecule has 0 spiro atoms. The molecule has 0 aliphatic rings. The molecule has 1 unspecified atom stereocenters. The van der Waals surface area contributed by atoms with E-state index in [4.69, 9.17) is 11.6 Å². The minimum atomic E-state index is 0.0238. The Morgan fingerprint density at radius 1 is 1.40 bits per heavy atom.